The highest BCUT2D eigenvalue weighted by Crippen LogP contribution is 2.36. The van der Waals surface area contributed by atoms with Crippen molar-refractivity contribution in [3.63, 3.8) is 0 Å². The van der Waals surface area contributed by atoms with Gasteiger partial charge in [-0.3, -0.25) is 0 Å². The monoisotopic (exact) mass is 226 g/mol. The Morgan fingerprint density at radius 1 is 1.50 bits per heavy atom. The van der Waals surface area contributed by atoms with Crippen LogP contribution in [0.2, 0.25) is 0 Å². The van der Waals surface area contributed by atoms with Crippen LogP contribution in [0.5, 0.6) is 5.88 Å². The molecule has 14 heavy (non-hydrogen) atoms. The molecule has 80 valence electrons. The molecule has 0 spiro atoms. The second-order valence-electron chi connectivity index (χ2n) is 2.71. The van der Waals surface area contributed by atoms with Crippen molar-refractivity contribution in [2.75, 3.05) is 6.26 Å². The number of aryl methyl sites for hydroxylation is 1. The van der Waals surface area contributed by atoms with E-state index in [0.29, 0.717) is 0 Å². The summed E-state index contributed by atoms with van der Waals surface area (Å²) in [5.41, 5.74) is -1.17. The largest absolute Gasteiger partial charge is 0.493 e. The normalized spacial score (nSPS) is 12.1. The fourth-order valence-corrected chi connectivity index (χ4v) is 1.62. The Bertz CT molecular complexity index is 334. The van der Waals surface area contributed by atoms with Crippen LogP contribution in [0.15, 0.2) is 0 Å². The third kappa shape index (κ3) is 1.97. The Morgan fingerprint density at radius 2 is 2.07 bits per heavy atom. The van der Waals surface area contributed by atoms with E-state index in [-0.39, 0.29) is 11.3 Å². The molecule has 1 rings (SSSR count). The maximum absolute atomic E-state index is 12.4. The molecule has 0 amide bonds. The van der Waals surface area contributed by atoms with Gasteiger partial charge in [-0.15, -0.1) is 0 Å². The van der Waals surface area contributed by atoms with Crippen molar-refractivity contribution >= 4 is 11.8 Å². The van der Waals surface area contributed by atoms with E-state index in [1.807, 2.05) is 0 Å². The summed E-state index contributed by atoms with van der Waals surface area (Å²) in [6.07, 6.45) is -2.85. The summed E-state index contributed by atoms with van der Waals surface area (Å²) < 4.78 is 37.9. The minimum absolute atomic E-state index is 0.0918. The van der Waals surface area contributed by atoms with Crippen LogP contribution in [0, 0.1) is 0 Å². The molecule has 0 aliphatic carbocycles. The van der Waals surface area contributed by atoms with Crippen molar-refractivity contribution in [2.45, 2.75) is 11.9 Å². The smallest absolute Gasteiger partial charge is 0.435 e. The number of hydrogen-bond donors (Lipinski definition) is 1. The molecule has 0 unspecified atom stereocenters. The topological polar surface area (TPSA) is 38.0 Å². The van der Waals surface area contributed by atoms with Crippen molar-refractivity contribution in [2.24, 2.45) is 7.05 Å². The zero-order valence-corrected chi connectivity index (χ0v) is 8.41. The van der Waals surface area contributed by atoms with E-state index in [1.165, 1.54) is 18.8 Å². The van der Waals surface area contributed by atoms with E-state index in [2.05, 4.69) is 5.10 Å². The lowest BCUT2D eigenvalue weighted by atomic mass is 10.2. The molecule has 7 heteroatoms. The number of halogens is 3. The number of aromatic nitrogens is 2. The van der Waals surface area contributed by atoms with Gasteiger partial charge in [0.15, 0.2) is 5.69 Å². The van der Waals surface area contributed by atoms with Crippen molar-refractivity contribution in [1.29, 1.82) is 0 Å². The van der Waals surface area contributed by atoms with Crippen LogP contribution in [-0.4, -0.2) is 21.1 Å². The number of aromatic hydroxyl groups is 1. The van der Waals surface area contributed by atoms with Gasteiger partial charge < -0.3 is 5.11 Å². The first-order chi connectivity index (χ1) is 6.38. The van der Waals surface area contributed by atoms with E-state index >= 15 is 0 Å². The molecule has 0 atom stereocenters. The third-order valence-electron chi connectivity index (χ3n) is 1.67. The van der Waals surface area contributed by atoms with Crippen LogP contribution >= 0.6 is 11.8 Å². The summed E-state index contributed by atoms with van der Waals surface area (Å²) in [6.45, 7) is 0. The number of nitrogens with zero attached hydrogens (tertiary/aromatic N) is 2. The zero-order chi connectivity index (χ0) is 10.9. The molecule has 1 heterocycles. The summed E-state index contributed by atoms with van der Waals surface area (Å²) in [5, 5.41) is 12.5. The van der Waals surface area contributed by atoms with Crippen LogP contribution in [0.1, 0.15) is 11.3 Å². The maximum Gasteiger partial charge on any atom is 0.435 e. The summed E-state index contributed by atoms with van der Waals surface area (Å²) in [6, 6.07) is 0. The first kappa shape index (κ1) is 11.2. The van der Waals surface area contributed by atoms with Gasteiger partial charge in [-0.05, 0) is 6.26 Å². The average molecular weight is 226 g/mol. The van der Waals surface area contributed by atoms with Crippen LogP contribution in [0.4, 0.5) is 13.2 Å². The van der Waals surface area contributed by atoms with Crippen molar-refractivity contribution < 1.29 is 18.3 Å². The van der Waals surface area contributed by atoms with Crippen molar-refractivity contribution in [3.8, 4) is 5.88 Å². The predicted octanol–water partition coefficient (Wildman–Crippen LogP) is 2.01. The van der Waals surface area contributed by atoms with Gasteiger partial charge in [0.05, 0.1) is 5.56 Å². The van der Waals surface area contributed by atoms with Crippen LogP contribution < -0.4 is 0 Å². The molecule has 0 saturated carbocycles. The third-order valence-corrected chi connectivity index (χ3v) is 2.25. The van der Waals surface area contributed by atoms with Crippen LogP contribution in [0.3, 0.4) is 0 Å². The van der Waals surface area contributed by atoms with Crippen molar-refractivity contribution in [1.82, 2.24) is 9.78 Å². The van der Waals surface area contributed by atoms with E-state index in [4.69, 9.17) is 0 Å². The minimum Gasteiger partial charge on any atom is -0.493 e. The zero-order valence-electron chi connectivity index (χ0n) is 7.59. The van der Waals surface area contributed by atoms with Crippen molar-refractivity contribution in [3.05, 3.63) is 11.3 Å². The molecule has 0 bridgehead atoms. The van der Waals surface area contributed by atoms with Crippen LogP contribution in [-0.2, 0) is 19.0 Å². The first-order valence-electron chi connectivity index (χ1n) is 3.69. The SMILES string of the molecule is CSCc1c(C(F)(F)F)nn(C)c1O. The molecule has 1 N–H and O–H groups in total. The lowest BCUT2D eigenvalue weighted by molar-refractivity contribution is -0.141. The molecule has 1 aromatic heterocycles. The number of rotatable bonds is 2. The highest BCUT2D eigenvalue weighted by Gasteiger charge is 2.38. The van der Waals surface area contributed by atoms with E-state index in [0.717, 1.165) is 4.68 Å². The molecular formula is C7H9F3N2OS. The quantitative estimate of drug-likeness (QED) is 0.838. The van der Waals surface area contributed by atoms with E-state index in [9.17, 15) is 18.3 Å². The molecule has 0 aliphatic rings. The standard InChI is InChI=1S/C7H9F3N2OS/c1-12-6(13)4(3-14-2)5(11-12)7(8,9)10/h13H,3H2,1-2H3. The molecule has 0 aromatic carbocycles. The van der Waals surface area contributed by atoms with Gasteiger partial charge in [0.25, 0.3) is 0 Å². The number of hydrogen-bond acceptors (Lipinski definition) is 3. The Hall–Kier alpha value is -0.850. The first-order valence-corrected chi connectivity index (χ1v) is 5.08. The van der Waals surface area contributed by atoms with E-state index < -0.39 is 17.8 Å². The van der Waals surface area contributed by atoms with Gasteiger partial charge in [-0.2, -0.15) is 30.0 Å². The van der Waals surface area contributed by atoms with Gasteiger partial charge in [-0.25, -0.2) is 4.68 Å². The molecule has 1 aromatic rings. The molecule has 0 fully saturated rings. The molecular weight excluding hydrogens is 217 g/mol. The molecule has 3 nitrogen and oxygen atoms in total. The second kappa shape index (κ2) is 3.72. The fraction of sp³-hybridized carbons (Fsp3) is 0.571. The Kier molecular flexibility index (Phi) is 2.98. The number of alkyl halides is 3. The average Bonchev–Trinajstić information content (AvgIpc) is 2.32. The van der Waals surface area contributed by atoms with E-state index in [1.54, 1.807) is 6.26 Å². The Morgan fingerprint density at radius 3 is 2.50 bits per heavy atom. The summed E-state index contributed by atoms with van der Waals surface area (Å²) in [4.78, 5) is 0. The predicted molar refractivity (Wildman–Crippen MR) is 47.1 cm³/mol. The summed E-state index contributed by atoms with van der Waals surface area (Å²) in [7, 11) is 1.27. The summed E-state index contributed by atoms with van der Waals surface area (Å²) in [5.74, 6) is -0.333. The van der Waals surface area contributed by atoms with Gasteiger partial charge in [0.2, 0.25) is 5.88 Å². The van der Waals surface area contributed by atoms with Gasteiger partial charge in [0.1, 0.15) is 0 Å². The minimum atomic E-state index is -4.51. The molecule has 0 radical (unpaired) electrons. The summed E-state index contributed by atoms with van der Waals surface area (Å²) >= 11 is 1.20. The maximum atomic E-state index is 12.4. The Balaban J connectivity index is 3.22. The lowest BCUT2D eigenvalue weighted by Crippen LogP contribution is -2.09. The highest BCUT2D eigenvalue weighted by atomic mass is 32.2. The number of thioether (sulfide) groups is 1. The highest BCUT2D eigenvalue weighted by molar-refractivity contribution is 7.97. The fourth-order valence-electron chi connectivity index (χ4n) is 1.06. The van der Waals surface area contributed by atoms with Gasteiger partial charge in [-0.1, -0.05) is 0 Å². The van der Waals surface area contributed by atoms with Crippen LogP contribution in [0.25, 0.3) is 0 Å². The Labute approximate surface area is 82.9 Å². The van der Waals surface area contributed by atoms with Gasteiger partial charge >= 0.3 is 6.18 Å². The lowest BCUT2D eigenvalue weighted by Gasteiger charge is -2.04. The second-order valence-corrected chi connectivity index (χ2v) is 3.57. The van der Waals surface area contributed by atoms with Gasteiger partial charge in [0, 0.05) is 12.8 Å². The molecule has 0 aliphatic heterocycles. The molecule has 0 saturated heterocycles.